The molecule has 70 heavy (non-hydrogen) atoms. The number of carbonyl (C=O) groups excluding carboxylic acids is 6. The van der Waals surface area contributed by atoms with Crippen LogP contribution in [0.2, 0.25) is 0 Å². The molecule has 6 amide bonds. The number of nitro benzene ring substituents is 2. The number of benzene rings is 3. The van der Waals surface area contributed by atoms with Gasteiger partial charge in [0.25, 0.3) is 40.9 Å². The van der Waals surface area contributed by atoms with Crippen LogP contribution in [0.3, 0.4) is 0 Å². The van der Waals surface area contributed by atoms with Crippen LogP contribution >= 0.6 is 0 Å². The summed E-state index contributed by atoms with van der Waals surface area (Å²) in [7, 11) is 3.54. The lowest BCUT2D eigenvalue weighted by molar-refractivity contribution is -0.393. The Morgan fingerprint density at radius 3 is 1.44 bits per heavy atom. The molecule has 24 N–H and O–H groups in total. The third-order valence-corrected chi connectivity index (χ3v) is 8.94. The van der Waals surface area contributed by atoms with E-state index in [0.717, 1.165) is 22.7 Å². The van der Waals surface area contributed by atoms with Gasteiger partial charge in [-0.2, -0.15) is 0 Å². The van der Waals surface area contributed by atoms with E-state index in [0.29, 0.717) is 11.6 Å². The van der Waals surface area contributed by atoms with Crippen molar-refractivity contribution in [3.63, 3.8) is 0 Å². The summed E-state index contributed by atoms with van der Waals surface area (Å²) in [5.74, 6) is -11.3. The summed E-state index contributed by atoms with van der Waals surface area (Å²) in [6, 6.07) is 14.4. The minimum Gasteiger partial charge on any atom is -0.378 e. The van der Waals surface area contributed by atoms with Crippen molar-refractivity contribution in [2.45, 2.75) is 43.5 Å². The molecular formula is C37H50N22O11. The van der Waals surface area contributed by atoms with E-state index in [1.165, 1.54) is 30.3 Å². The summed E-state index contributed by atoms with van der Waals surface area (Å²) in [5, 5.41) is 46.0. The number of nitrogens with zero attached hydrogens (tertiary/aromatic N) is 8. The van der Waals surface area contributed by atoms with Crippen LogP contribution in [0, 0.1) is 20.2 Å². The van der Waals surface area contributed by atoms with Gasteiger partial charge in [-0.1, -0.05) is 42.5 Å². The second-order valence-electron chi connectivity index (χ2n) is 14.4. The Balaban J connectivity index is 2.02. The number of nitro groups is 2. The number of aliphatic imine (C=N–C) groups is 4. The number of amides is 6. The zero-order valence-electron chi connectivity index (χ0n) is 36.9. The average Bonchev–Trinajstić information content (AvgIpc) is 3.28. The Hall–Kier alpha value is -10.1. The molecule has 0 saturated heterocycles. The Kier molecular flexibility index (Phi) is 18.9. The number of anilines is 2. The molecule has 3 rings (SSSR count). The normalized spacial score (nSPS) is 13.0. The first-order valence-corrected chi connectivity index (χ1v) is 19.6. The molecule has 33 heteroatoms. The van der Waals surface area contributed by atoms with Crippen molar-refractivity contribution in [1.29, 1.82) is 0 Å². The van der Waals surface area contributed by atoms with Gasteiger partial charge in [0.15, 0.2) is 23.8 Å². The fraction of sp³-hybridized carbons (Fsp3) is 0.243. The first-order chi connectivity index (χ1) is 32.8. The number of aliphatic hydroxyl groups is 1. The molecule has 3 aromatic carbocycles. The van der Waals surface area contributed by atoms with E-state index in [-0.39, 0.29) is 5.56 Å². The fourth-order valence-electron chi connectivity index (χ4n) is 5.81. The van der Waals surface area contributed by atoms with Crippen LogP contribution in [0.15, 0.2) is 92.8 Å². The van der Waals surface area contributed by atoms with Gasteiger partial charge >= 0.3 is 0 Å². The minimum absolute atomic E-state index is 0.0109. The van der Waals surface area contributed by atoms with E-state index in [2.05, 4.69) is 30.6 Å². The van der Waals surface area contributed by atoms with Crippen molar-refractivity contribution in [1.82, 2.24) is 26.6 Å². The number of nitrogens with one attached hydrogen (secondary N) is 5. The number of primary amides is 1. The summed E-state index contributed by atoms with van der Waals surface area (Å²) < 4.78 is 0. The first kappa shape index (κ1) is 54.3. The Bertz CT molecular complexity index is 2560. The molecule has 0 heterocycles. The van der Waals surface area contributed by atoms with Gasteiger partial charge in [0, 0.05) is 32.4 Å². The molecular weight excluding hydrogens is 929 g/mol. The molecule has 0 aliphatic carbocycles. The standard InChI is InChI=1S/C37H50N22O11/c1-56(2)18-10-8-16(9-11-18)15-57(20-13-12-19(58(67)68)14-21(20)59(69)70)33(66)32(65)47-22(17-6-4-3-5-7-17)28(61)49-25(53-35(41)42)30(63)51-27(55-37(45)46)31(64)50-26(54-36(43)44)29(62)48-24(23(38)60)52-34(39)40/h3-14,22,24-27,33,66H,15H2,1-2H3,(H2,38,60)(H,47,65)(H,48,62)(H,49,61)(H,50,64)(H,51,63)(H4,39,40,52)(H4,41,42,53)(H4,43,44,54)(H4,45,46,55). The van der Waals surface area contributed by atoms with E-state index in [1.807, 2.05) is 16.0 Å². The van der Waals surface area contributed by atoms with E-state index in [1.54, 1.807) is 43.3 Å². The monoisotopic (exact) mass is 978 g/mol. The summed E-state index contributed by atoms with van der Waals surface area (Å²) in [6.07, 6.45) is -10.8. The summed E-state index contributed by atoms with van der Waals surface area (Å²) in [4.78, 5) is 119. The second-order valence-corrected chi connectivity index (χ2v) is 14.4. The molecule has 0 aliphatic rings. The van der Waals surface area contributed by atoms with Crippen LogP contribution in [0.25, 0.3) is 0 Å². The molecule has 6 atom stereocenters. The number of nitrogens with two attached hydrogens (primary N) is 9. The minimum atomic E-state index is -2.37. The molecule has 0 saturated carbocycles. The molecule has 0 aliphatic heterocycles. The maximum absolute atomic E-state index is 14.2. The van der Waals surface area contributed by atoms with Crippen LogP contribution in [-0.4, -0.2) is 119 Å². The van der Waals surface area contributed by atoms with Crippen LogP contribution in [0.4, 0.5) is 22.7 Å². The zero-order chi connectivity index (χ0) is 52.6. The number of carbonyl (C=O) groups is 6. The van der Waals surface area contributed by atoms with Gasteiger partial charge in [0.1, 0.15) is 11.7 Å². The van der Waals surface area contributed by atoms with Gasteiger partial charge in [0.05, 0.1) is 15.9 Å². The SMILES string of the molecule is CN(C)c1ccc(CN(c2ccc([N+](=O)[O-])cc2[N+](=O)[O-])C(O)C(=O)NC(C(=O)NC(N=C(N)N)C(=O)NC(N=C(N)N)C(=O)NC(N=C(N)N)C(=O)NC(N=C(N)N)C(N)=O)c2ccccc2)cc1. The molecule has 0 radical (unpaired) electrons. The van der Waals surface area contributed by atoms with Crippen molar-refractivity contribution in [3.05, 3.63) is 104 Å². The third-order valence-electron chi connectivity index (χ3n) is 8.94. The highest BCUT2D eigenvalue weighted by Crippen LogP contribution is 2.34. The fourth-order valence-corrected chi connectivity index (χ4v) is 5.81. The molecule has 374 valence electrons. The van der Waals surface area contributed by atoms with Crippen molar-refractivity contribution < 1.29 is 43.7 Å². The molecule has 0 bridgehead atoms. The van der Waals surface area contributed by atoms with E-state index >= 15 is 0 Å². The topological polar surface area (TPSA) is 559 Å². The van der Waals surface area contributed by atoms with Gasteiger partial charge in [-0.3, -0.25) is 49.0 Å². The van der Waals surface area contributed by atoms with Crippen molar-refractivity contribution >= 4 is 82.0 Å². The highest BCUT2D eigenvalue weighted by Gasteiger charge is 2.36. The predicted molar refractivity (Wildman–Crippen MR) is 250 cm³/mol. The summed E-state index contributed by atoms with van der Waals surface area (Å²) >= 11 is 0. The number of hydrogen-bond acceptors (Lipinski definition) is 17. The molecule has 33 nitrogen and oxygen atoms in total. The lowest BCUT2D eigenvalue weighted by Crippen LogP contribution is -2.58. The van der Waals surface area contributed by atoms with Crippen molar-refractivity contribution in [2.75, 3.05) is 23.9 Å². The lowest BCUT2D eigenvalue weighted by Gasteiger charge is -2.30. The Morgan fingerprint density at radius 1 is 0.586 bits per heavy atom. The van der Waals surface area contributed by atoms with Crippen LogP contribution < -0.4 is 88.0 Å². The number of hydrogen-bond donors (Lipinski definition) is 15. The van der Waals surface area contributed by atoms with Crippen LogP contribution in [0.1, 0.15) is 17.2 Å². The number of non-ortho nitro benzene ring substituents is 1. The first-order valence-electron chi connectivity index (χ1n) is 19.6. The van der Waals surface area contributed by atoms with Gasteiger partial charge in [-0.15, -0.1) is 0 Å². The van der Waals surface area contributed by atoms with Gasteiger partial charge in [0.2, 0.25) is 36.8 Å². The molecule has 0 aromatic heterocycles. The predicted octanol–water partition coefficient (Wildman–Crippen LogP) is -6.90. The largest absolute Gasteiger partial charge is 0.378 e. The third kappa shape index (κ3) is 15.8. The number of aliphatic hydroxyl groups excluding tert-OH is 1. The Morgan fingerprint density at radius 2 is 1.03 bits per heavy atom. The molecule has 0 spiro atoms. The highest BCUT2D eigenvalue weighted by molar-refractivity contribution is 5.99. The van der Waals surface area contributed by atoms with Gasteiger partial charge in [-0.25, -0.2) is 20.0 Å². The lowest BCUT2D eigenvalue weighted by atomic mass is 10.1. The highest BCUT2D eigenvalue weighted by atomic mass is 16.6. The molecule has 0 fully saturated rings. The van der Waals surface area contributed by atoms with Gasteiger partial charge in [-0.05, 0) is 29.3 Å². The van der Waals surface area contributed by atoms with E-state index < -0.39 is 130 Å². The van der Waals surface area contributed by atoms with Gasteiger partial charge < -0.3 is 93.1 Å². The summed E-state index contributed by atoms with van der Waals surface area (Å²) in [5.41, 5.74) is 47.9. The summed E-state index contributed by atoms with van der Waals surface area (Å²) in [6.45, 7) is -0.413. The average molecular weight is 979 g/mol. The van der Waals surface area contributed by atoms with Crippen LogP contribution in [0.5, 0.6) is 0 Å². The van der Waals surface area contributed by atoms with Crippen LogP contribution in [-0.2, 0) is 35.3 Å². The van der Waals surface area contributed by atoms with E-state index in [4.69, 9.17) is 51.6 Å². The molecule has 3 aromatic rings. The number of rotatable bonds is 23. The maximum atomic E-state index is 14.2. The maximum Gasteiger partial charge on any atom is 0.299 e. The van der Waals surface area contributed by atoms with Crippen molar-refractivity contribution in [2.24, 2.45) is 71.6 Å². The quantitative estimate of drug-likeness (QED) is 0.0138. The smallest absolute Gasteiger partial charge is 0.299 e. The molecule has 6 unspecified atom stereocenters. The number of guanidine groups is 4. The van der Waals surface area contributed by atoms with Crippen molar-refractivity contribution in [3.8, 4) is 0 Å². The van der Waals surface area contributed by atoms with E-state index in [9.17, 15) is 54.1 Å². The Labute approximate surface area is 394 Å². The zero-order valence-corrected chi connectivity index (χ0v) is 36.9. The second kappa shape index (κ2) is 24.4.